The van der Waals surface area contributed by atoms with Crippen molar-refractivity contribution in [3.63, 3.8) is 0 Å². The SMILES string of the molecule is COc1ccc2nc(-c3ccc(OCCCCN4CCN(CCCCOc5cc6c(cc5OC)C(=O)N5CCCC5C=N6)CC4)c(OC)c3)sc2c1. The van der Waals surface area contributed by atoms with Gasteiger partial charge in [0, 0.05) is 50.6 Å². The Balaban J connectivity index is 0.782. The van der Waals surface area contributed by atoms with Crippen molar-refractivity contribution < 1.29 is 28.5 Å². The first-order valence-corrected chi connectivity index (χ1v) is 19.2. The number of rotatable bonds is 16. The van der Waals surface area contributed by atoms with E-state index in [1.807, 2.05) is 53.6 Å². The first kappa shape index (κ1) is 36.0. The maximum atomic E-state index is 13.1. The van der Waals surface area contributed by atoms with Crippen LogP contribution in [0.25, 0.3) is 20.8 Å². The molecule has 4 heterocycles. The third-order valence-corrected chi connectivity index (χ3v) is 11.2. The number of benzene rings is 3. The molecule has 0 bridgehead atoms. The average molecular weight is 728 g/mol. The fourth-order valence-electron chi connectivity index (χ4n) is 7.17. The quantitative estimate of drug-likeness (QED) is 0.114. The number of hydrogen-bond donors (Lipinski definition) is 0. The first-order valence-electron chi connectivity index (χ1n) is 18.4. The number of aromatic nitrogens is 1. The van der Waals surface area contributed by atoms with Crippen LogP contribution in [0, 0.1) is 0 Å². The number of amides is 1. The molecule has 1 aromatic heterocycles. The lowest BCUT2D eigenvalue weighted by Gasteiger charge is -2.34. The highest BCUT2D eigenvalue weighted by atomic mass is 32.1. The average Bonchev–Trinajstić information content (AvgIpc) is 3.81. The van der Waals surface area contributed by atoms with Crippen LogP contribution in [-0.2, 0) is 0 Å². The predicted octanol–water partition coefficient (Wildman–Crippen LogP) is 6.95. The summed E-state index contributed by atoms with van der Waals surface area (Å²) >= 11 is 1.64. The van der Waals surface area contributed by atoms with Crippen molar-refractivity contribution in [1.29, 1.82) is 0 Å². The molecule has 3 aliphatic rings. The van der Waals surface area contributed by atoms with Crippen LogP contribution < -0.4 is 23.7 Å². The lowest BCUT2D eigenvalue weighted by Crippen LogP contribution is -2.46. The molecule has 52 heavy (non-hydrogen) atoms. The van der Waals surface area contributed by atoms with Crippen LogP contribution in [0.5, 0.6) is 28.7 Å². The highest BCUT2D eigenvalue weighted by Gasteiger charge is 2.32. The number of unbranched alkanes of at least 4 members (excludes halogenated alkanes) is 2. The number of methoxy groups -OCH3 is 3. The normalized spacial score (nSPS) is 17.6. The van der Waals surface area contributed by atoms with E-state index in [1.54, 1.807) is 38.7 Å². The summed E-state index contributed by atoms with van der Waals surface area (Å²) in [6, 6.07) is 15.7. The summed E-state index contributed by atoms with van der Waals surface area (Å²) in [6.45, 7) is 8.54. The monoisotopic (exact) mass is 727 g/mol. The molecule has 4 aromatic rings. The lowest BCUT2D eigenvalue weighted by atomic mass is 10.1. The van der Waals surface area contributed by atoms with Crippen LogP contribution in [0.2, 0.25) is 0 Å². The Morgan fingerprint density at radius 1 is 0.750 bits per heavy atom. The number of nitrogens with zero attached hydrogens (tertiary/aromatic N) is 5. The molecule has 1 unspecified atom stereocenters. The van der Waals surface area contributed by atoms with Crippen molar-refractivity contribution in [2.75, 3.05) is 80.4 Å². The van der Waals surface area contributed by atoms with Crippen LogP contribution in [0.15, 0.2) is 53.5 Å². The number of ether oxygens (including phenoxy) is 5. The molecule has 2 fully saturated rings. The van der Waals surface area contributed by atoms with Gasteiger partial charge in [-0.3, -0.25) is 9.79 Å². The standard InChI is InChI=1S/C40H49N5O6S/c1-47-30-11-12-32-38(24-30)52-39(42-32)28-10-13-34(35(23-28)48-2)50-21-6-4-14-43-17-19-44(20-18-43)15-5-7-22-51-37-26-33-31(25-36(37)49-3)40(46)45-16-8-9-29(45)27-41-33/h10-13,23-27,29H,4-9,14-22H2,1-3H3. The molecular formula is C40H49N5O6S. The third kappa shape index (κ3) is 8.29. The fraction of sp³-hybridized carbons (Fsp3) is 0.475. The van der Waals surface area contributed by atoms with Gasteiger partial charge in [-0.25, -0.2) is 4.98 Å². The number of piperazine rings is 1. The summed E-state index contributed by atoms with van der Waals surface area (Å²) in [5.41, 5.74) is 3.21. The van der Waals surface area contributed by atoms with Gasteiger partial charge < -0.3 is 38.4 Å². The van der Waals surface area contributed by atoms with E-state index in [0.717, 1.165) is 122 Å². The second-order valence-electron chi connectivity index (χ2n) is 13.5. The minimum absolute atomic E-state index is 0.0250. The second kappa shape index (κ2) is 17.0. The zero-order valence-electron chi connectivity index (χ0n) is 30.5. The lowest BCUT2D eigenvalue weighted by molar-refractivity contribution is 0.0774. The molecule has 0 aliphatic carbocycles. The molecule has 3 aromatic carbocycles. The Morgan fingerprint density at radius 3 is 2.17 bits per heavy atom. The topological polar surface area (TPSA) is 98.2 Å². The van der Waals surface area contributed by atoms with Gasteiger partial charge >= 0.3 is 0 Å². The van der Waals surface area contributed by atoms with Crippen molar-refractivity contribution in [2.24, 2.45) is 4.99 Å². The Hall–Kier alpha value is -4.39. The summed E-state index contributed by atoms with van der Waals surface area (Å²) in [6.07, 6.45) is 7.98. The number of carbonyl (C=O) groups is 1. The number of aliphatic imine (C=N–C) groups is 1. The van der Waals surface area contributed by atoms with Crippen LogP contribution >= 0.6 is 11.3 Å². The number of carbonyl (C=O) groups excluding carboxylic acids is 1. The molecule has 1 atom stereocenters. The van der Waals surface area contributed by atoms with E-state index in [-0.39, 0.29) is 11.9 Å². The fourth-order valence-corrected chi connectivity index (χ4v) is 8.16. The number of thiazole rings is 1. The van der Waals surface area contributed by atoms with Crippen LogP contribution in [0.1, 0.15) is 48.9 Å². The van der Waals surface area contributed by atoms with Crippen molar-refractivity contribution >= 4 is 39.4 Å². The Labute approximate surface area is 310 Å². The zero-order valence-corrected chi connectivity index (χ0v) is 31.3. The van der Waals surface area contributed by atoms with E-state index < -0.39 is 0 Å². The third-order valence-electron chi connectivity index (χ3n) is 10.2. The highest BCUT2D eigenvalue weighted by Crippen LogP contribution is 2.39. The molecule has 276 valence electrons. The van der Waals surface area contributed by atoms with E-state index in [0.29, 0.717) is 36.0 Å². The molecule has 7 rings (SSSR count). The van der Waals surface area contributed by atoms with E-state index >= 15 is 0 Å². The molecule has 0 N–H and O–H groups in total. The van der Waals surface area contributed by atoms with E-state index in [4.69, 9.17) is 28.7 Å². The van der Waals surface area contributed by atoms with Gasteiger partial charge in [0.05, 0.1) is 62.1 Å². The summed E-state index contributed by atoms with van der Waals surface area (Å²) in [5.74, 6) is 3.57. The molecule has 11 nitrogen and oxygen atoms in total. The van der Waals surface area contributed by atoms with Crippen molar-refractivity contribution in [1.82, 2.24) is 19.7 Å². The van der Waals surface area contributed by atoms with Gasteiger partial charge in [-0.1, -0.05) is 0 Å². The van der Waals surface area contributed by atoms with Gasteiger partial charge in [-0.2, -0.15) is 0 Å². The summed E-state index contributed by atoms with van der Waals surface area (Å²) < 4.78 is 30.0. The minimum Gasteiger partial charge on any atom is -0.497 e. The highest BCUT2D eigenvalue weighted by molar-refractivity contribution is 7.21. The van der Waals surface area contributed by atoms with Gasteiger partial charge in [0.15, 0.2) is 23.0 Å². The molecular weight excluding hydrogens is 679 g/mol. The van der Waals surface area contributed by atoms with Gasteiger partial charge in [-0.15, -0.1) is 11.3 Å². The van der Waals surface area contributed by atoms with E-state index in [1.165, 1.54) is 0 Å². The predicted molar refractivity (Wildman–Crippen MR) is 206 cm³/mol. The molecule has 0 spiro atoms. The van der Waals surface area contributed by atoms with E-state index in [9.17, 15) is 4.79 Å². The molecule has 1 amide bonds. The molecule has 2 saturated heterocycles. The van der Waals surface area contributed by atoms with Crippen molar-refractivity contribution in [3.05, 3.63) is 54.1 Å². The van der Waals surface area contributed by atoms with Gasteiger partial charge in [0.2, 0.25) is 0 Å². The minimum atomic E-state index is 0.0250. The number of fused-ring (bicyclic) bond motifs is 3. The van der Waals surface area contributed by atoms with Crippen LogP contribution in [0.4, 0.5) is 5.69 Å². The maximum Gasteiger partial charge on any atom is 0.256 e. The first-order chi connectivity index (χ1) is 25.5. The van der Waals surface area contributed by atoms with Crippen molar-refractivity contribution in [2.45, 2.75) is 44.6 Å². The van der Waals surface area contributed by atoms with Gasteiger partial charge in [0.1, 0.15) is 10.8 Å². The summed E-state index contributed by atoms with van der Waals surface area (Å²) in [4.78, 5) is 29.6. The smallest absolute Gasteiger partial charge is 0.256 e. The molecule has 12 heteroatoms. The molecule has 0 saturated carbocycles. The maximum absolute atomic E-state index is 13.1. The summed E-state index contributed by atoms with van der Waals surface area (Å²) in [5, 5.41) is 0.941. The summed E-state index contributed by atoms with van der Waals surface area (Å²) in [7, 11) is 4.98. The molecule has 0 radical (unpaired) electrons. The zero-order chi connectivity index (χ0) is 35.9. The Bertz CT molecular complexity index is 1870. The van der Waals surface area contributed by atoms with Crippen LogP contribution in [-0.4, -0.2) is 118 Å². The largest absolute Gasteiger partial charge is 0.497 e. The van der Waals surface area contributed by atoms with Crippen LogP contribution in [0.3, 0.4) is 0 Å². The molecule has 3 aliphatic heterocycles. The van der Waals surface area contributed by atoms with E-state index in [2.05, 4.69) is 14.8 Å². The van der Waals surface area contributed by atoms with Gasteiger partial charge in [0.25, 0.3) is 5.91 Å². The van der Waals surface area contributed by atoms with Gasteiger partial charge in [-0.05, 0) is 94.1 Å². The number of hydrogen-bond acceptors (Lipinski definition) is 11. The second-order valence-corrected chi connectivity index (χ2v) is 14.5. The van der Waals surface area contributed by atoms with Crippen molar-refractivity contribution in [3.8, 4) is 39.3 Å². The Morgan fingerprint density at radius 2 is 1.46 bits per heavy atom. The Kier molecular flexibility index (Phi) is 11.7.